The van der Waals surface area contributed by atoms with Crippen LogP contribution in [0, 0.1) is 0 Å². The molecule has 0 saturated carbocycles. The molecular weight excluding hydrogens is 413 g/mol. The first-order chi connectivity index (χ1) is 13.6. The van der Waals surface area contributed by atoms with E-state index in [2.05, 4.69) is 25.1 Å². The Morgan fingerprint density at radius 1 is 1.28 bits per heavy atom. The number of nitrogens with two attached hydrogens (primary N) is 1. The molecule has 0 radical (unpaired) electrons. The SMILES string of the molecule is C[C@H](NC(=O)c1cc(Cl)cc(OC(F)(F)F)c1)c1ncnn1-c1cc(N)ccn1. The second-order valence-corrected chi connectivity index (χ2v) is 6.33. The number of rotatable bonds is 5. The second-order valence-electron chi connectivity index (χ2n) is 5.90. The van der Waals surface area contributed by atoms with Crippen molar-refractivity contribution < 1.29 is 22.7 Å². The molecular formula is C17H14ClF3N6O2. The molecule has 3 N–H and O–H groups in total. The summed E-state index contributed by atoms with van der Waals surface area (Å²) in [7, 11) is 0. The van der Waals surface area contributed by atoms with Crippen molar-refractivity contribution in [2.24, 2.45) is 0 Å². The number of nitrogens with one attached hydrogen (secondary N) is 1. The highest BCUT2D eigenvalue weighted by atomic mass is 35.5. The van der Waals surface area contributed by atoms with E-state index < -0.39 is 24.1 Å². The zero-order chi connectivity index (χ0) is 21.2. The summed E-state index contributed by atoms with van der Waals surface area (Å²) in [5.41, 5.74) is 6.09. The number of nitrogens with zero attached hydrogens (tertiary/aromatic N) is 4. The lowest BCUT2D eigenvalue weighted by molar-refractivity contribution is -0.274. The van der Waals surface area contributed by atoms with Crippen LogP contribution in [0.25, 0.3) is 5.82 Å². The third-order valence-corrected chi connectivity index (χ3v) is 3.88. The van der Waals surface area contributed by atoms with Crippen molar-refractivity contribution in [3.05, 3.63) is 59.3 Å². The average molecular weight is 427 g/mol. The van der Waals surface area contributed by atoms with E-state index in [0.29, 0.717) is 17.3 Å². The Kier molecular flexibility index (Phi) is 5.59. The largest absolute Gasteiger partial charge is 0.573 e. The van der Waals surface area contributed by atoms with Crippen molar-refractivity contribution >= 4 is 23.2 Å². The number of pyridine rings is 1. The first-order valence-corrected chi connectivity index (χ1v) is 8.49. The normalized spacial score (nSPS) is 12.4. The maximum absolute atomic E-state index is 12.5. The standard InChI is InChI=1S/C17H14ClF3N6O2/c1-9(15-24-8-25-27(15)14-7-12(22)2-3-23-14)26-16(28)10-4-11(18)6-13(5-10)29-17(19,20)21/h2-9H,1H3,(H2,22,23)(H,26,28)/t9-/m0/s1. The molecule has 0 aliphatic rings. The van der Waals surface area contributed by atoms with E-state index in [1.165, 1.54) is 23.3 Å². The summed E-state index contributed by atoms with van der Waals surface area (Å²) in [5, 5.41) is 6.60. The molecule has 1 aromatic carbocycles. The minimum Gasteiger partial charge on any atom is -0.406 e. The van der Waals surface area contributed by atoms with Gasteiger partial charge in [0.05, 0.1) is 6.04 Å². The van der Waals surface area contributed by atoms with Crippen molar-refractivity contribution in [1.82, 2.24) is 25.1 Å². The number of alkyl halides is 3. The smallest absolute Gasteiger partial charge is 0.406 e. The molecule has 1 atom stereocenters. The van der Waals surface area contributed by atoms with Gasteiger partial charge in [0, 0.05) is 28.5 Å². The number of hydrogen-bond acceptors (Lipinski definition) is 6. The third-order valence-electron chi connectivity index (χ3n) is 3.66. The average Bonchev–Trinajstić information content (AvgIpc) is 3.09. The molecule has 0 fully saturated rings. The van der Waals surface area contributed by atoms with Crippen LogP contribution in [-0.4, -0.2) is 32.0 Å². The number of benzene rings is 1. The Morgan fingerprint density at radius 3 is 2.72 bits per heavy atom. The van der Waals surface area contributed by atoms with E-state index in [0.717, 1.165) is 12.1 Å². The quantitative estimate of drug-likeness (QED) is 0.648. The fraction of sp³-hybridized carbons (Fsp3) is 0.176. The van der Waals surface area contributed by atoms with Crippen molar-refractivity contribution in [2.45, 2.75) is 19.3 Å². The Bertz CT molecular complexity index is 1040. The van der Waals surface area contributed by atoms with E-state index in [4.69, 9.17) is 17.3 Å². The lowest BCUT2D eigenvalue weighted by atomic mass is 10.2. The highest BCUT2D eigenvalue weighted by molar-refractivity contribution is 6.31. The predicted molar refractivity (Wildman–Crippen MR) is 97.6 cm³/mol. The van der Waals surface area contributed by atoms with Gasteiger partial charge in [-0.1, -0.05) is 11.6 Å². The number of ether oxygens (including phenoxy) is 1. The van der Waals surface area contributed by atoms with Crippen LogP contribution < -0.4 is 15.8 Å². The molecule has 0 spiro atoms. The summed E-state index contributed by atoms with van der Waals surface area (Å²) < 4.78 is 42.5. The van der Waals surface area contributed by atoms with Gasteiger partial charge in [0.2, 0.25) is 0 Å². The van der Waals surface area contributed by atoms with Gasteiger partial charge in [0.1, 0.15) is 12.1 Å². The highest BCUT2D eigenvalue weighted by Crippen LogP contribution is 2.27. The molecule has 2 heterocycles. The molecule has 2 aromatic heterocycles. The molecule has 0 aliphatic heterocycles. The zero-order valence-electron chi connectivity index (χ0n) is 14.8. The Balaban J connectivity index is 1.81. The lowest BCUT2D eigenvalue weighted by Gasteiger charge is -2.15. The molecule has 1 amide bonds. The van der Waals surface area contributed by atoms with E-state index in [1.54, 1.807) is 19.1 Å². The van der Waals surface area contributed by atoms with Gasteiger partial charge in [0.25, 0.3) is 5.91 Å². The van der Waals surface area contributed by atoms with Crippen molar-refractivity contribution in [2.75, 3.05) is 5.73 Å². The van der Waals surface area contributed by atoms with E-state index in [1.807, 2.05) is 0 Å². The summed E-state index contributed by atoms with van der Waals surface area (Å²) in [6, 6.07) is 5.62. The molecule has 0 saturated heterocycles. The fourth-order valence-corrected chi connectivity index (χ4v) is 2.73. The summed E-state index contributed by atoms with van der Waals surface area (Å²) in [5.74, 6) is -0.551. The maximum Gasteiger partial charge on any atom is 0.573 e. The number of aromatic nitrogens is 4. The summed E-state index contributed by atoms with van der Waals surface area (Å²) in [4.78, 5) is 20.8. The number of hydrogen-bond donors (Lipinski definition) is 2. The van der Waals surface area contributed by atoms with Crippen LogP contribution in [0.4, 0.5) is 18.9 Å². The van der Waals surface area contributed by atoms with Gasteiger partial charge in [-0.3, -0.25) is 4.79 Å². The van der Waals surface area contributed by atoms with Crippen molar-refractivity contribution in [3.63, 3.8) is 0 Å². The van der Waals surface area contributed by atoms with Gasteiger partial charge in [-0.15, -0.1) is 13.2 Å². The molecule has 152 valence electrons. The zero-order valence-corrected chi connectivity index (χ0v) is 15.6. The van der Waals surface area contributed by atoms with Crippen LogP contribution in [0.2, 0.25) is 5.02 Å². The summed E-state index contributed by atoms with van der Waals surface area (Å²) in [6.45, 7) is 1.63. The molecule has 3 rings (SSSR count). The maximum atomic E-state index is 12.5. The second kappa shape index (κ2) is 7.95. The molecule has 3 aromatic rings. The number of halogens is 4. The predicted octanol–water partition coefficient (Wildman–Crippen LogP) is 3.29. The third kappa shape index (κ3) is 5.13. The molecule has 0 unspecified atom stereocenters. The van der Waals surface area contributed by atoms with Crippen LogP contribution in [0.1, 0.15) is 29.1 Å². The monoisotopic (exact) mass is 426 g/mol. The van der Waals surface area contributed by atoms with Gasteiger partial charge >= 0.3 is 6.36 Å². The Hall–Kier alpha value is -3.34. The summed E-state index contributed by atoms with van der Waals surface area (Å²) in [6.07, 6.45) is -2.14. The molecule has 8 nitrogen and oxygen atoms in total. The Morgan fingerprint density at radius 2 is 2.03 bits per heavy atom. The van der Waals surface area contributed by atoms with Crippen LogP contribution in [0.15, 0.2) is 42.9 Å². The van der Waals surface area contributed by atoms with Crippen molar-refractivity contribution in [3.8, 4) is 11.6 Å². The number of amides is 1. The first kappa shape index (κ1) is 20.4. The minimum absolute atomic E-state index is 0.0864. The first-order valence-electron chi connectivity index (χ1n) is 8.11. The lowest BCUT2D eigenvalue weighted by Crippen LogP contribution is -2.29. The van der Waals surface area contributed by atoms with Gasteiger partial charge in [-0.2, -0.15) is 9.78 Å². The fourth-order valence-electron chi connectivity index (χ4n) is 2.50. The van der Waals surface area contributed by atoms with Gasteiger partial charge in [-0.05, 0) is 31.2 Å². The molecule has 0 bridgehead atoms. The minimum atomic E-state index is -4.91. The Labute approximate surface area is 167 Å². The van der Waals surface area contributed by atoms with Crippen LogP contribution in [-0.2, 0) is 0 Å². The molecule has 12 heteroatoms. The van der Waals surface area contributed by atoms with Crippen LogP contribution in [0.5, 0.6) is 5.75 Å². The van der Waals surface area contributed by atoms with E-state index in [9.17, 15) is 18.0 Å². The van der Waals surface area contributed by atoms with Crippen LogP contribution in [0.3, 0.4) is 0 Å². The van der Waals surface area contributed by atoms with Crippen molar-refractivity contribution in [1.29, 1.82) is 0 Å². The number of nitrogen functional groups attached to an aromatic ring is 1. The van der Waals surface area contributed by atoms with E-state index >= 15 is 0 Å². The topological polar surface area (TPSA) is 108 Å². The van der Waals surface area contributed by atoms with E-state index in [-0.39, 0.29) is 10.6 Å². The molecule has 29 heavy (non-hydrogen) atoms. The molecule has 0 aliphatic carbocycles. The highest BCUT2D eigenvalue weighted by Gasteiger charge is 2.31. The number of anilines is 1. The van der Waals surface area contributed by atoms with Gasteiger partial charge < -0.3 is 15.8 Å². The van der Waals surface area contributed by atoms with Crippen LogP contribution >= 0.6 is 11.6 Å². The number of carbonyl (C=O) groups excluding carboxylic acids is 1. The number of carbonyl (C=O) groups is 1. The summed E-state index contributed by atoms with van der Waals surface area (Å²) >= 11 is 5.81. The van der Waals surface area contributed by atoms with Gasteiger partial charge in [0.15, 0.2) is 11.6 Å². The van der Waals surface area contributed by atoms with Gasteiger partial charge in [-0.25, -0.2) is 9.97 Å².